The Morgan fingerprint density at radius 2 is 2.05 bits per heavy atom. The zero-order chi connectivity index (χ0) is 14.9. The third-order valence-corrected chi connectivity index (χ3v) is 4.00. The molecule has 1 heterocycles. The summed E-state index contributed by atoms with van der Waals surface area (Å²) >= 11 is 17.6. The van der Waals surface area contributed by atoms with Crippen molar-refractivity contribution in [2.45, 2.75) is 19.8 Å². The number of aromatic nitrogens is 1. The molecule has 0 fully saturated rings. The van der Waals surface area contributed by atoms with E-state index in [-0.39, 0.29) is 26.6 Å². The summed E-state index contributed by atoms with van der Waals surface area (Å²) in [5, 5.41) is 4.15. The molecule has 0 aliphatic heterocycles. The molecule has 0 aromatic carbocycles. The molecular formula is C12H12Cl3N4O+. The zero-order valence-corrected chi connectivity index (χ0v) is 12.8. The van der Waals surface area contributed by atoms with Gasteiger partial charge in [0.2, 0.25) is 0 Å². The molecule has 0 atom stereocenters. The lowest BCUT2D eigenvalue weighted by Crippen LogP contribution is -2.28. The number of hydrazone groups is 1. The number of pyridine rings is 1. The molecule has 4 N–H and O–H groups in total. The van der Waals surface area contributed by atoms with Crippen LogP contribution in [-0.4, -0.2) is 11.6 Å². The van der Waals surface area contributed by atoms with E-state index < -0.39 is 5.91 Å². The molecule has 1 amide bonds. The third-order valence-electron chi connectivity index (χ3n) is 2.84. The predicted molar refractivity (Wildman–Crippen MR) is 80.3 cm³/mol. The lowest BCUT2D eigenvalue weighted by atomic mass is 10.3. The van der Waals surface area contributed by atoms with Gasteiger partial charge in [0.05, 0.1) is 11.4 Å². The van der Waals surface area contributed by atoms with Gasteiger partial charge in [-0.3, -0.25) is 4.79 Å². The number of nitrogens with two attached hydrogens (primary N) is 1. The predicted octanol–water partition coefficient (Wildman–Crippen LogP) is 2.87. The van der Waals surface area contributed by atoms with Crippen LogP contribution in [-0.2, 0) is 0 Å². The van der Waals surface area contributed by atoms with Gasteiger partial charge in [-0.15, -0.1) is 0 Å². The standard InChI is InChI=1S/C12H11Cl3N4O/c1-5-2-3-6(4-5)18-19-12(20)10-7(13)9(16)8(14)11(15)17-10/h4H,2-3H2,1H3,(H2,16,17)(H,19,20)/p+1/b18-6+. The molecular weight excluding hydrogens is 323 g/mol. The number of nitrogen functional groups attached to an aromatic ring is 1. The average molecular weight is 335 g/mol. The highest BCUT2D eigenvalue weighted by molar-refractivity contribution is 6.45. The molecule has 0 radical (unpaired) electrons. The fourth-order valence-electron chi connectivity index (χ4n) is 1.75. The fraction of sp³-hybridized carbons (Fsp3) is 0.250. The number of halogens is 3. The van der Waals surface area contributed by atoms with Crippen LogP contribution in [0.25, 0.3) is 0 Å². The van der Waals surface area contributed by atoms with E-state index in [1.807, 2.05) is 13.0 Å². The van der Waals surface area contributed by atoms with Crippen molar-refractivity contribution in [3.05, 3.63) is 32.5 Å². The second-order valence-electron chi connectivity index (χ2n) is 4.39. The third kappa shape index (κ3) is 3.06. The van der Waals surface area contributed by atoms with E-state index in [2.05, 4.69) is 15.5 Å². The molecule has 0 saturated carbocycles. The minimum absolute atomic E-state index is 0.00949. The van der Waals surface area contributed by atoms with Crippen molar-refractivity contribution < 1.29 is 9.78 Å². The Bertz CT molecular complexity index is 640. The highest BCUT2D eigenvalue weighted by Gasteiger charge is 2.26. The quantitative estimate of drug-likeness (QED) is 0.644. The van der Waals surface area contributed by atoms with Crippen LogP contribution < -0.4 is 16.1 Å². The second kappa shape index (κ2) is 5.99. The summed E-state index contributed by atoms with van der Waals surface area (Å²) in [4.78, 5) is 14.6. The van der Waals surface area contributed by atoms with Crippen molar-refractivity contribution in [1.82, 2.24) is 5.43 Å². The maximum atomic E-state index is 12.0. The molecule has 0 bridgehead atoms. The van der Waals surface area contributed by atoms with E-state index in [1.54, 1.807) is 0 Å². The maximum Gasteiger partial charge on any atom is 0.337 e. The van der Waals surface area contributed by atoms with Crippen molar-refractivity contribution in [2.75, 3.05) is 5.73 Å². The van der Waals surface area contributed by atoms with E-state index >= 15 is 0 Å². The first-order valence-electron chi connectivity index (χ1n) is 5.79. The highest BCUT2D eigenvalue weighted by Crippen LogP contribution is 2.31. The molecule has 5 nitrogen and oxygen atoms in total. The minimum Gasteiger partial charge on any atom is -0.396 e. The lowest BCUT2D eigenvalue weighted by molar-refractivity contribution is -0.379. The molecule has 1 aromatic heterocycles. The first-order valence-corrected chi connectivity index (χ1v) is 6.93. The van der Waals surface area contributed by atoms with E-state index in [0.717, 1.165) is 18.6 Å². The molecule has 2 rings (SSSR count). The summed E-state index contributed by atoms with van der Waals surface area (Å²) in [6.45, 7) is 2.01. The Hall–Kier alpha value is -1.30. The molecule has 0 spiro atoms. The van der Waals surface area contributed by atoms with Crippen LogP contribution in [0, 0.1) is 0 Å². The fourth-order valence-corrected chi connectivity index (χ4v) is 2.36. The topological polar surface area (TPSA) is 81.6 Å². The SMILES string of the molecule is CC1=C/C(=N/NC(=O)c2[nH+]c(Cl)c(Cl)c(N)c2Cl)CC1. The molecule has 106 valence electrons. The zero-order valence-electron chi connectivity index (χ0n) is 10.6. The number of anilines is 1. The van der Waals surface area contributed by atoms with Crippen LogP contribution >= 0.6 is 34.8 Å². The first kappa shape index (κ1) is 15.1. The van der Waals surface area contributed by atoms with Gasteiger partial charge >= 0.3 is 5.91 Å². The van der Waals surface area contributed by atoms with Crippen LogP contribution in [0.15, 0.2) is 16.8 Å². The average Bonchev–Trinajstić information content (AvgIpc) is 2.83. The maximum absolute atomic E-state index is 12.0. The molecule has 1 aliphatic rings. The normalized spacial score (nSPS) is 16.4. The van der Waals surface area contributed by atoms with Crippen LogP contribution in [0.2, 0.25) is 15.2 Å². The number of rotatable bonds is 2. The number of nitrogens with zero attached hydrogens (tertiary/aromatic N) is 1. The largest absolute Gasteiger partial charge is 0.396 e. The Morgan fingerprint density at radius 1 is 1.35 bits per heavy atom. The van der Waals surface area contributed by atoms with E-state index in [0.29, 0.717) is 0 Å². The molecule has 0 unspecified atom stereocenters. The van der Waals surface area contributed by atoms with Gasteiger partial charge in [0, 0.05) is 0 Å². The summed E-state index contributed by atoms with van der Waals surface area (Å²) in [6, 6.07) is 0. The molecule has 8 heteroatoms. The Morgan fingerprint density at radius 3 is 2.65 bits per heavy atom. The van der Waals surface area contributed by atoms with Gasteiger partial charge < -0.3 is 5.73 Å². The number of allylic oxidation sites excluding steroid dienone is 2. The number of H-pyrrole nitrogens is 1. The Kier molecular flexibility index (Phi) is 4.52. The van der Waals surface area contributed by atoms with Crippen LogP contribution in [0.5, 0.6) is 0 Å². The van der Waals surface area contributed by atoms with Crippen molar-refractivity contribution in [3.63, 3.8) is 0 Å². The number of carbonyl (C=O) groups excluding carboxylic acids is 1. The van der Waals surface area contributed by atoms with Crippen LogP contribution in [0.3, 0.4) is 0 Å². The summed E-state index contributed by atoms with van der Waals surface area (Å²) in [7, 11) is 0. The van der Waals surface area contributed by atoms with Crippen molar-refractivity contribution in [2.24, 2.45) is 5.10 Å². The van der Waals surface area contributed by atoms with Crippen LogP contribution in [0.1, 0.15) is 30.3 Å². The number of carbonyl (C=O) groups is 1. The van der Waals surface area contributed by atoms with Gasteiger partial charge in [0.1, 0.15) is 10.0 Å². The van der Waals surface area contributed by atoms with Crippen molar-refractivity contribution in [1.29, 1.82) is 0 Å². The molecule has 1 aromatic rings. The second-order valence-corrected chi connectivity index (χ2v) is 5.52. The summed E-state index contributed by atoms with van der Waals surface area (Å²) in [6.07, 6.45) is 3.67. The highest BCUT2D eigenvalue weighted by atomic mass is 35.5. The number of amides is 1. The van der Waals surface area contributed by atoms with Gasteiger partial charge in [-0.25, -0.2) is 5.43 Å². The van der Waals surface area contributed by atoms with Gasteiger partial charge in [-0.2, -0.15) is 10.1 Å². The smallest absolute Gasteiger partial charge is 0.337 e. The van der Waals surface area contributed by atoms with Crippen molar-refractivity contribution >= 4 is 52.1 Å². The number of hydrogen-bond donors (Lipinski definition) is 2. The summed E-state index contributed by atoms with van der Waals surface area (Å²) < 4.78 is 0. The summed E-state index contributed by atoms with van der Waals surface area (Å²) in [5.41, 5.74) is 10.2. The van der Waals surface area contributed by atoms with Gasteiger partial charge in [0.15, 0.2) is 0 Å². The van der Waals surface area contributed by atoms with Gasteiger partial charge in [-0.1, -0.05) is 28.8 Å². The van der Waals surface area contributed by atoms with E-state index in [4.69, 9.17) is 40.5 Å². The molecule has 0 saturated heterocycles. The Labute approximate surface area is 130 Å². The van der Waals surface area contributed by atoms with Crippen molar-refractivity contribution in [3.8, 4) is 0 Å². The number of aromatic amines is 1. The van der Waals surface area contributed by atoms with Gasteiger partial charge in [0.25, 0.3) is 10.8 Å². The summed E-state index contributed by atoms with van der Waals surface area (Å²) in [5.74, 6) is -0.536. The Balaban J connectivity index is 2.22. The number of hydrogen-bond acceptors (Lipinski definition) is 3. The minimum atomic E-state index is -0.536. The molecule has 20 heavy (non-hydrogen) atoms. The number of nitrogens with one attached hydrogen (secondary N) is 2. The van der Waals surface area contributed by atoms with Gasteiger partial charge in [-0.05, 0) is 37.4 Å². The lowest BCUT2D eigenvalue weighted by Gasteiger charge is -2.03. The molecule has 1 aliphatic carbocycles. The van der Waals surface area contributed by atoms with E-state index in [9.17, 15) is 4.79 Å². The van der Waals surface area contributed by atoms with Crippen LogP contribution in [0.4, 0.5) is 5.69 Å². The first-order chi connectivity index (χ1) is 9.40. The monoisotopic (exact) mass is 333 g/mol. The van der Waals surface area contributed by atoms with E-state index in [1.165, 1.54) is 5.57 Å².